The molecule has 1 fully saturated rings. The van der Waals surface area contributed by atoms with Crippen LogP contribution in [0.3, 0.4) is 0 Å². The number of fused-ring (bicyclic) bond motifs is 1. The van der Waals surface area contributed by atoms with E-state index in [-0.39, 0.29) is 22.8 Å². The molecule has 0 aromatic heterocycles. The van der Waals surface area contributed by atoms with E-state index in [2.05, 4.69) is 6.92 Å². The van der Waals surface area contributed by atoms with E-state index in [1.807, 2.05) is 19.9 Å². The lowest BCUT2D eigenvalue weighted by molar-refractivity contribution is -0.123. The van der Waals surface area contributed by atoms with Crippen LogP contribution in [0.1, 0.15) is 58.4 Å². The van der Waals surface area contributed by atoms with Gasteiger partial charge in [0.05, 0.1) is 35.3 Å². The van der Waals surface area contributed by atoms with E-state index in [0.29, 0.717) is 29.9 Å². The summed E-state index contributed by atoms with van der Waals surface area (Å²) in [4.78, 5) is 28.5. The summed E-state index contributed by atoms with van der Waals surface area (Å²) in [5.74, 6) is -3.03. The van der Waals surface area contributed by atoms with Gasteiger partial charge in [-0.05, 0) is 78.5 Å². The van der Waals surface area contributed by atoms with Gasteiger partial charge >= 0.3 is 7.12 Å². The topological polar surface area (TPSA) is 139 Å². The van der Waals surface area contributed by atoms with Gasteiger partial charge < -0.3 is 25.4 Å². The van der Waals surface area contributed by atoms with Crippen molar-refractivity contribution in [3.63, 3.8) is 0 Å². The highest BCUT2D eigenvalue weighted by molar-refractivity contribution is 6.58. The lowest BCUT2D eigenvalue weighted by Crippen LogP contribution is -2.40. The summed E-state index contributed by atoms with van der Waals surface area (Å²) in [5, 5.41) is 51.6. The predicted octanol–water partition coefficient (Wildman–Crippen LogP) is 3.82. The third-order valence-corrected chi connectivity index (χ3v) is 8.78. The molecule has 0 radical (unpaired) electrons. The first-order valence-electron chi connectivity index (χ1n) is 14.5. The van der Waals surface area contributed by atoms with Crippen molar-refractivity contribution in [1.29, 1.82) is 0 Å². The van der Waals surface area contributed by atoms with E-state index in [4.69, 9.17) is 11.6 Å². The highest BCUT2D eigenvalue weighted by Gasteiger charge is 2.55. The number of aromatic hydroxyl groups is 1. The quantitative estimate of drug-likeness (QED) is 0.151. The van der Waals surface area contributed by atoms with Gasteiger partial charge in [-0.15, -0.1) is 0 Å². The smallest absolute Gasteiger partial charge is 0.488 e. The molecule has 4 atom stereocenters. The SMILES string of the molecule is CCC/C(=C\c1ccc(O)cc1Cl)CC[C@@H](O)C1=C(C(C)C)C[C@H]2C(=O)N(c3cccc(B(O)O)c3)C(=O)[C@H]2[C@H]1CO. The Labute approximate surface area is 252 Å². The molecule has 2 aliphatic rings. The van der Waals surface area contributed by atoms with Crippen LogP contribution < -0.4 is 10.4 Å². The van der Waals surface area contributed by atoms with Crippen molar-refractivity contribution in [3.8, 4) is 5.75 Å². The van der Waals surface area contributed by atoms with Crippen LogP contribution in [0.15, 0.2) is 59.2 Å². The lowest BCUT2D eigenvalue weighted by atomic mass is 9.66. The normalized spacial score (nSPS) is 21.8. The van der Waals surface area contributed by atoms with E-state index >= 15 is 0 Å². The number of amides is 2. The Hall–Kier alpha value is -2.95. The number of benzene rings is 2. The molecule has 4 rings (SSSR count). The molecule has 2 amide bonds. The zero-order chi connectivity index (χ0) is 30.7. The number of allylic oxidation sites excluding steroid dienone is 2. The van der Waals surface area contributed by atoms with Crippen LogP contribution in [0.2, 0.25) is 5.02 Å². The Morgan fingerprint density at radius 1 is 1.12 bits per heavy atom. The van der Waals surface area contributed by atoms with Crippen molar-refractivity contribution >= 4 is 47.8 Å². The largest absolute Gasteiger partial charge is 0.508 e. The second kappa shape index (κ2) is 13.6. The number of nitrogens with zero attached hydrogens (tertiary/aromatic N) is 1. The Kier molecular flexibility index (Phi) is 10.3. The molecule has 0 saturated carbocycles. The highest BCUT2D eigenvalue weighted by atomic mass is 35.5. The first-order chi connectivity index (χ1) is 20.0. The van der Waals surface area contributed by atoms with Gasteiger partial charge in [-0.1, -0.05) is 68.1 Å². The van der Waals surface area contributed by atoms with Crippen molar-refractivity contribution in [2.75, 3.05) is 11.5 Å². The number of phenols is 1. The fourth-order valence-corrected chi connectivity index (χ4v) is 6.67. The van der Waals surface area contributed by atoms with Crippen LogP contribution in [0.4, 0.5) is 5.69 Å². The lowest BCUT2D eigenvalue weighted by Gasteiger charge is -2.38. The average Bonchev–Trinajstić information content (AvgIpc) is 3.21. The molecular formula is C32H39BClNO7. The number of carbonyl (C=O) groups is 2. The van der Waals surface area contributed by atoms with Crippen LogP contribution in [0.5, 0.6) is 5.75 Å². The molecule has 0 bridgehead atoms. The Balaban J connectivity index is 1.63. The van der Waals surface area contributed by atoms with Crippen molar-refractivity contribution in [2.24, 2.45) is 23.7 Å². The van der Waals surface area contributed by atoms with Gasteiger partial charge in [-0.25, -0.2) is 0 Å². The minimum absolute atomic E-state index is 0.0177. The van der Waals surface area contributed by atoms with Crippen molar-refractivity contribution in [3.05, 3.63) is 69.8 Å². The van der Waals surface area contributed by atoms with E-state index in [9.17, 15) is 35.0 Å². The molecule has 1 saturated heterocycles. The zero-order valence-electron chi connectivity index (χ0n) is 24.2. The maximum absolute atomic E-state index is 13.8. The first kappa shape index (κ1) is 32.0. The maximum atomic E-state index is 13.8. The molecule has 10 heteroatoms. The van der Waals surface area contributed by atoms with Gasteiger partial charge in [0, 0.05) is 5.92 Å². The third kappa shape index (κ3) is 6.50. The molecule has 0 spiro atoms. The number of hydrogen-bond donors (Lipinski definition) is 5. The van der Waals surface area contributed by atoms with Crippen LogP contribution >= 0.6 is 11.6 Å². The summed E-state index contributed by atoms with van der Waals surface area (Å²) in [6.07, 6.45) is 3.95. The standard InChI is InChI=1S/C32H39BClNO7/c1-4-6-19(13-20-10-11-23(37)15-27(20)34)9-12-28(38)29-24(18(2)3)16-25-30(26(29)17-36)32(40)35(31(25)39)22-8-5-7-21(14-22)33(41)42/h5,7-8,10-11,13-15,18,25-26,28,30,36-38,41-42H,4,6,9,12,16-17H2,1-3H3/b19-13+/t25-,26+,28-,30-/m1/s1. The van der Waals surface area contributed by atoms with E-state index in [1.165, 1.54) is 18.2 Å². The number of rotatable bonds is 11. The second-order valence-corrected chi connectivity index (χ2v) is 12.0. The number of halogens is 1. The zero-order valence-corrected chi connectivity index (χ0v) is 25.0. The third-order valence-electron chi connectivity index (χ3n) is 8.45. The number of phenolic OH excluding ortho intramolecular Hbond substituents is 1. The Morgan fingerprint density at radius 2 is 1.86 bits per heavy atom. The molecule has 2 aromatic rings. The summed E-state index contributed by atoms with van der Waals surface area (Å²) in [6.45, 7) is 5.64. The van der Waals surface area contributed by atoms with Gasteiger partial charge in [-0.3, -0.25) is 14.5 Å². The van der Waals surface area contributed by atoms with Gasteiger partial charge in [0.1, 0.15) is 5.75 Å². The molecule has 8 nitrogen and oxygen atoms in total. The van der Waals surface area contributed by atoms with Crippen molar-refractivity contribution in [2.45, 2.75) is 59.0 Å². The Bertz CT molecular complexity index is 1390. The molecule has 224 valence electrons. The van der Waals surface area contributed by atoms with Crippen LogP contribution in [0.25, 0.3) is 6.08 Å². The van der Waals surface area contributed by atoms with Crippen LogP contribution in [-0.2, 0) is 9.59 Å². The first-order valence-corrected chi connectivity index (χ1v) is 14.9. The number of imide groups is 1. The van der Waals surface area contributed by atoms with E-state index < -0.39 is 49.4 Å². The van der Waals surface area contributed by atoms with Crippen molar-refractivity contribution in [1.82, 2.24) is 0 Å². The second-order valence-electron chi connectivity index (χ2n) is 11.6. The fourth-order valence-electron chi connectivity index (χ4n) is 6.44. The number of anilines is 1. The number of aliphatic hydroxyl groups is 2. The molecule has 1 heterocycles. The maximum Gasteiger partial charge on any atom is 0.488 e. The predicted molar refractivity (Wildman–Crippen MR) is 164 cm³/mol. The molecule has 5 N–H and O–H groups in total. The molecule has 2 aromatic carbocycles. The number of hydrogen-bond acceptors (Lipinski definition) is 7. The summed E-state index contributed by atoms with van der Waals surface area (Å²) in [5.41, 5.74) is 3.77. The average molecular weight is 596 g/mol. The van der Waals surface area contributed by atoms with Gasteiger partial charge in [0.25, 0.3) is 0 Å². The molecule has 1 aliphatic carbocycles. The number of carbonyl (C=O) groups excluding carboxylic acids is 2. The van der Waals surface area contributed by atoms with Gasteiger partial charge in [-0.2, -0.15) is 0 Å². The Morgan fingerprint density at radius 3 is 2.48 bits per heavy atom. The molecule has 0 unspecified atom stereocenters. The van der Waals surface area contributed by atoms with Crippen LogP contribution in [0, 0.1) is 23.7 Å². The summed E-state index contributed by atoms with van der Waals surface area (Å²) in [6, 6.07) is 10.8. The summed E-state index contributed by atoms with van der Waals surface area (Å²) < 4.78 is 0. The van der Waals surface area contributed by atoms with E-state index in [0.717, 1.165) is 34.5 Å². The van der Waals surface area contributed by atoms with Crippen molar-refractivity contribution < 1.29 is 35.0 Å². The highest BCUT2D eigenvalue weighted by Crippen LogP contribution is 2.48. The number of aliphatic hydroxyl groups excluding tert-OH is 2. The molecular weight excluding hydrogens is 557 g/mol. The minimum Gasteiger partial charge on any atom is -0.508 e. The minimum atomic E-state index is -1.75. The summed E-state index contributed by atoms with van der Waals surface area (Å²) >= 11 is 6.33. The summed E-state index contributed by atoms with van der Waals surface area (Å²) in [7, 11) is -1.75. The van der Waals surface area contributed by atoms with Gasteiger partial charge in [0.2, 0.25) is 11.8 Å². The molecule has 42 heavy (non-hydrogen) atoms. The molecule has 1 aliphatic heterocycles. The van der Waals surface area contributed by atoms with E-state index in [1.54, 1.807) is 24.3 Å². The van der Waals surface area contributed by atoms with Crippen LogP contribution in [-0.4, -0.2) is 57.0 Å². The fraction of sp³-hybridized carbons (Fsp3) is 0.438. The monoisotopic (exact) mass is 595 g/mol. The van der Waals surface area contributed by atoms with Gasteiger partial charge in [0.15, 0.2) is 0 Å².